The lowest BCUT2D eigenvalue weighted by Crippen LogP contribution is -2.34. The predicted molar refractivity (Wildman–Crippen MR) is 59.3 cm³/mol. The number of nitrogen functional groups attached to an aromatic ring is 1. The van der Waals surface area contributed by atoms with Gasteiger partial charge in [-0.1, -0.05) is 6.07 Å². The van der Waals surface area contributed by atoms with E-state index in [-0.39, 0.29) is 6.54 Å². The number of hydrogen-bond donors (Lipinski definition) is 4. The minimum atomic E-state index is -1.19. The van der Waals surface area contributed by atoms with Crippen molar-refractivity contribution in [3.8, 4) is 0 Å². The van der Waals surface area contributed by atoms with E-state index in [1.165, 1.54) is 0 Å². The van der Waals surface area contributed by atoms with E-state index in [1.807, 2.05) is 19.1 Å². The van der Waals surface area contributed by atoms with Crippen LogP contribution in [0.25, 0.3) is 0 Å². The summed E-state index contributed by atoms with van der Waals surface area (Å²) in [5.74, 6) is -0.748. The lowest BCUT2D eigenvalue weighted by Gasteiger charge is -2.10. The van der Waals surface area contributed by atoms with E-state index in [9.17, 15) is 4.79 Å². The maximum atomic E-state index is 10.5. The molecule has 1 rings (SSSR count). The van der Waals surface area contributed by atoms with Gasteiger partial charge in [0.15, 0.2) is 0 Å². The molecule has 0 bridgehead atoms. The van der Waals surface area contributed by atoms with E-state index in [2.05, 4.69) is 5.32 Å². The number of aliphatic hydroxyl groups excluding tert-OH is 1. The number of carbonyl (C=O) groups is 1. The van der Waals surface area contributed by atoms with Crippen LogP contribution in [0.1, 0.15) is 5.56 Å². The lowest BCUT2D eigenvalue weighted by molar-refractivity contribution is -0.125. The number of aryl methyl sites for hydroxylation is 1. The number of rotatable bonds is 4. The molecule has 0 spiro atoms. The summed E-state index contributed by atoms with van der Waals surface area (Å²) in [6, 6.07) is 5.41. The summed E-state index contributed by atoms with van der Waals surface area (Å²) in [4.78, 5) is 10.5. The molecule has 1 amide bonds. The first-order chi connectivity index (χ1) is 7.00. The minimum absolute atomic E-state index is 0.0812. The first kappa shape index (κ1) is 11.3. The van der Waals surface area contributed by atoms with Crippen LogP contribution in [0, 0.1) is 6.92 Å². The zero-order chi connectivity index (χ0) is 11.4. The third kappa shape index (κ3) is 3.14. The number of carbonyl (C=O) groups excluding carboxylic acids is 1. The molecule has 0 heterocycles. The van der Waals surface area contributed by atoms with Gasteiger partial charge in [-0.05, 0) is 24.6 Å². The Morgan fingerprint density at radius 1 is 1.60 bits per heavy atom. The zero-order valence-corrected chi connectivity index (χ0v) is 8.53. The quantitative estimate of drug-likeness (QED) is 0.517. The summed E-state index contributed by atoms with van der Waals surface area (Å²) >= 11 is 0. The second-order valence-corrected chi connectivity index (χ2v) is 3.37. The Hall–Kier alpha value is -1.75. The Bertz CT molecular complexity index is 366. The molecule has 15 heavy (non-hydrogen) atoms. The highest BCUT2D eigenvalue weighted by molar-refractivity contribution is 5.79. The molecule has 5 heteroatoms. The van der Waals surface area contributed by atoms with E-state index >= 15 is 0 Å². The fraction of sp³-hybridized carbons (Fsp3) is 0.300. The van der Waals surface area contributed by atoms with Crippen molar-refractivity contribution in [1.82, 2.24) is 0 Å². The van der Waals surface area contributed by atoms with Crippen LogP contribution in [0.2, 0.25) is 0 Å². The molecular weight excluding hydrogens is 194 g/mol. The van der Waals surface area contributed by atoms with Crippen molar-refractivity contribution < 1.29 is 9.90 Å². The average Bonchev–Trinajstić information content (AvgIpc) is 2.19. The molecular formula is C10H15N3O2. The maximum absolute atomic E-state index is 10.5. The molecule has 1 unspecified atom stereocenters. The summed E-state index contributed by atoms with van der Waals surface area (Å²) in [5.41, 5.74) is 13.0. The Morgan fingerprint density at radius 3 is 2.80 bits per heavy atom. The van der Waals surface area contributed by atoms with E-state index in [0.717, 1.165) is 11.3 Å². The van der Waals surface area contributed by atoms with Gasteiger partial charge >= 0.3 is 0 Å². The third-order valence-electron chi connectivity index (χ3n) is 2.11. The van der Waals surface area contributed by atoms with E-state index < -0.39 is 12.0 Å². The summed E-state index contributed by atoms with van der Waals surface area (Å²) in [6.07, 6.45) is -1.19. The van der Waals surface area contributed by atoms with Crippen molar-refractivity contribution in [2.45, 2.75) is 13.0 Å². The second-order valence-electron chi connectivity index (χ2n) is 3.37. The van der Waals surface area contributed by atoms with Gasteiger partial charge in [0.2, 0.25) is 5.91 Å². The molecule has 0 radical (unpaired) electrons. The minimum Gasteiger partial charge on any atom is -0.398 e. The summed E-state index contributed by atoms with van der Waals surface area (Å²) in [5, 5.41) is 12.0. The van der Waals surface area contributed by atoms with E-state index in [1.54, 1.807) is 6.07 Å². The van der Waals surface area contributed by atoms with Crippen LogP contribution in [0.5, 0.6) is 0 Å². The number of nitrogens with two attached hydrogens (primary N) is 2. The normalized spacial score (nSPS) is 12.1. The zero-order valence-electron chi connectivity index (χ0n) is 8.53. The van der Waals surface area contributed by atoms with Gasteiger partial charge in [-0.25, -0.2) is 0 Å². The number of amides is 1. The molecule has 0 fully saturated rings. The fourth-order valence-electron chi connectivity index (χ4n) is 1.07. The SMILES string of the molecule is Cc1ccc(NCC(O)C(N)=O)cc1N. The first-order valence-corrected chi connectivity index (χ1v) is 4.58. The van der Waals surface area contributed by atoms with Gasteiger partial charge in [0, 0.05) is 17.9 Å². The van der Waals surface area contributed by atoms with Crippen LogP contribution in [0.4, 0.5) is 11.4 Å². The number of nitrogens with one attached hydrogen (secondary N) is 1. The van der Waals surface area contributed by atoms with Crippen LogP contribution < -0.4 is 16.8 Å². The topological polar surface area (TPSA) is 101 Å². The van der Waals surface area contributed by atoms with Crippen LogP contribution in [-0.4, -0.2) is 23.7 Å². The van der Waals surface area contributed by atoms with Gasteiger partial charge in [-0.15, -0.1) is 0 Å². The first-order valence-electron chi connectivity index (χ1n) is 4.58. The fourth-order valence-corrected chi connectivity index (χ4v) is 1.07. The highest BCUT2D eigenvalue weighted by Crippen LogP contribution is 2.16. The molecule has 82 valence electrons. The molecule has 0 aromatic heterocycles. The molecule has 1 aromatic rings. The van der Waals surface area contributed by atoms with Gasteiger partial charge in [0.05, 0.1) is 0 Å². The van der Waals surface area contributed by atoms with Gasteiger partial charge < -0.3 is 21.9 Å². The molecule has 1 aromatic carbocycles. The van der Waals surface area contributed by atoms with Crippen LogP contribution in [0.3, 0.4) is 0 Å². The Kier molecular flexibility index (Phi) is 3.51. The van der Waals surface area contributed by atoms with Crippen LogP contribution in [-0.2, 0) is 4.79 Å². The number of benzene rings is 1. The van der Waals surface area contributed by atoms with Gasteiger partial charge in [0.1, 0.15) is 6.10 Å². The third-order valence-corrected chi connectivity index (χ3v) is 2.11. The van der Waals surface area contributed by atoms with E-state index in [4.69, 9.17) is 16.6 Å². The summed E-state index contributed by atoms with van der Waals surface area (Å²) in [6.45, 7) is 1.98. The smallest absolute Gasteiger partial charge is 0.248 e. The average molecular weight is 209 g/mol. The number of primary amides is 1. The Morgan fingerprint density at radius 2 is 2.27 bits per heavy atom. The monoisotopic (exact) mass is 209 g/mol. The molecule has 0 aliphatic rings. The van der Waals surface area contributed by atoms with Crippen molar-refractivity contribution in [2.75, 3.05) is 17.6 Å². The number of hydrogen-bond acceptors (Lipinski definition) is 4. The van der Waals surface area contributed by atoms with Gasteiger partial charge in [0.25, 0.3) is 0 Å². The summed E-state index contributed by atoms with van der Waals surface area (Å²) in [7, 11) is 0. The standard InChI is InChI=1S/C10H15N3O2/c1-6-2-3-7(4-8(6)11)13-5-9(14)10(12)15/h2-4,9,13-14H,5,11H2,1H3,(H2,12,15). The molecule has 6 N–H and O–H groups in total. The van der Waals surface area contributed by atoms with Crippen molar-refractivity contribution in [3.63, 3.8) is 0 Å². The molecule has 1 atom stereocenters. The Balaban J connectivity index is 2.58. The van der Waals surface area contributed by atoms with Crippen molar-refractivity contribution in [2.24, 2.45) is 5.73 Å². The van der Waals surface area contributed by atoms with E-state index in [0.29, 0.717) is 5.69 Å². The molecule has 0 aliphatic carbocycles. The van der Waals surface area contributed by atoms with Crippen molar-refractivity contribution >= 4 is 17.3 Å². The van der Waals surface area contributed by atoms with Crippen LogP contribution >= 0.6 is 0 Å². The second kappa shape index (κ2) is 4.65. The highest BCUT2D eigenvalue weighted by atomic mass is 16.3. The van der Waals surface area contributed by atoms with Crippen LogP contribution in [0.15, 0.2) is 18.2 Å². The number of anilines is 2. The molecule has 0 saturated heterocycles. The Labute approximate surface area is 88.1 Å². The highest BCUT2D eigenvalue weighted by Gasteiger charge is 2.09. The van der Waals surface area contributed by atoms with Crippen molar-refractivity contribution in [3.05, 3.63) is 23.8 Å². The predicted octanol–water partition coefficient (Wildman–Crippen LogP) is -0.165. The number of aliphatic hydroxyl groups is 1. The largest absolute Gasteiger partial charge is 0.398 e. The molecule has 5 nitrogen and oxygen atoms in total. The summed E-state index contributed by atoms with van der Waals surface area (Å²) < 4.78 is 0. The van der Waals surface area contributed by atoms with Gasteiger partial charge in [-0.2, -0.15) is 0 Å². The lowest BCUT2D eigenvalue weighted by atomic mass is 10.2. The van der Waals surface area contributed by atoms with Gasteiger partial charge in [-0.3, -0.25) is 4.79 Å². The van der Waals surface area contributed by atoms with Crippen molar-refractivity contribution in [1.29, 1.82) is 0 Å². The molecule has 0 saturated carbocycles. The molecule has 0 aliphatic heterocycles. The maximum Gasteiger partial charge on any atom is 0.248 e.